The maximum Gasteiger partial charge on any atom is 0.271 e. The molecule has 0 bridgehead atoms. The van der Waals surface area contributed by atoms with Gasteiger partial charge in [-0.15, -0.1) is 12.4 Å². The van der Waals surface area contributed by atoms with Crippen LogP contribution in [0.3, 0.4) is 0 Å². The summed E-state index contributed by atoms with van der Waals surface area (Å²) in [5.41, 5.74) is 1.44. The van der Waals surface area contributed by atoms with Gasteiger partial charge in [0.15, 0.2) is 0 Å². The Kier molecular flexibility index (Phi) is 7.94. The first-order valence-corrected chi connectivity index (χ1v) is 8.96. The van der Waals surface area contributed by atoms with Crippen molar-refractivity contribution >= 4 is 18.3 Å². The summed E-state index contributed by atoms with van der Waals surface area (Å²) in [6.07, 6.45) is 4.76. The molecule has 1 saturated heterocycles. The topological polar surface area (TPSA) is 77.4 Å². The lowest BCUT2D eigenvalue weighted by atomic mass is 10.1. The van der Waals surface area contributed by atoms with Crippen molar-refractivity contribution in [2.24, 2.45) is 0 Å². The van der Waals surface area contributed by atoms with Crippen LogP contribution in [0.25, 0.3) is 0 Å². The number of methoxy groups -OCH3 is 2. The summed E-state index contributed by atoms with van der Waals surface area (Å²) in [6.45, 7) is 2.46. The number of halogens is 1. The van der Waals surface area contributed by atoms with E-state index in [9.17, 15) is 4.79 Å². The highest BCUT2D eigenvalue weighted by atomic mass is 35.5. The summed E-state index contributed by atoms with van der Waals surface area (Å²) in [6, 6.07) is 7.75. The lowest BCUT2D eigenvalue weighted by Crippen LogP contribution is -2.32. The van der Waals surface area contributed by atoms with Gasteiger partial charge < -0.3 is 20.1 Å². The summed E-state index contributed by atoms with van der Waals surface area (Å²) in [7, 11) is 3.27. The van der Waals surface area contributed by atoms with E-state index in [1.165, 1.54) is 0 Å². The van der Waals surface area contributed by atoms with Gasteiger partial charge in [-0.1, -0.05) is 0 Å². The van der Waals surface area contributed by atoms with E-state index >= 15 is 0 Å². The van der Waals surface area contributed by atoms with E-state index in [0.29, 0.717) is 24.7 Å². The number of hydrogen-bond acceptors (Lipinski definition) is 5. The second kappa shape index (κ2) is 10.2. The largest absolute Gasteiger partial charge is 0.497 e. The van der Waals surface area contributed by atoms with Gasteiger partial charge in [-0.3, -0.25) is 9.48 Å². The van der Waals surface area contributed by atoms with Gasteiger partial charge in [0.1, 0.15) is 17.2 Å². The molecule has 0 saturated carbocycles. The third-order valence-electron chi connectivity index (χ3n) is 4.65. The van der Waals surface area contributed by atoms with Crippen LogP contribution in [-0.4, -0.2) is 49.5 Å². The molecule has 2 aromatic rings. The number of rotatable bonds is 7. The predicted octanol–water partition coefficient (Wildman–Crippen LogP) is 2.22. The molecule has 1 amide bonds. The summed E-state index contributed by atoms with van der Waals surface area (Å²) in [5, 5.41) is 10.7. The molecule has 1 aliphatic rings. The van der Waals surface area contributed by atoms with Crippen molar-refractivity contribution in [1.29, 1.82) is 0 Å². The van der Waals surface area contributed by atoms with E-state index < -0.39 is 0 Å². The Bertz CT molecular complexity index is 744. The molecule has 0 spiro atoms. The van der Waals surface area contributed by atoms with Crippen molar-refractivity contribution in [2.45, 2.75) is 25.3 Å². The Morgan fingerprint density at radius 1 is 1.33 bits per heavy atom. The number of ether oxygens (including phenoxy) is 2. The fourth-order valence-electron chi connectivity index (χ4n) is 3.20. The minimum absolute atomic E-state index is 0. The average molecular weight is 395 g/mol. The molecule has 27 heavy (non-hydrogen) atoms. The Hall–Kier alpha value is -2.25. The summed E-state index contributed by atoms with van der Waals surface area (Å²) >= 11 is 0. The summed E-state index contributed by atoms with van der Waals surface area (Å²) in [4.78, 5) is 12.4. The van der Waals surface area contributed by atoms with Crippen LogP contribution >= 0.6 is 12.4 Å². The normalized spacial score (nSPS) is 16.3. The Labute approximate surface area is 165 Å². The van der Waals surface area contributed by atoms with Gasteiger partial charge in [-0.2, -0.15) is 5.10 Å². The van der Waals surface area contributed by atoms with Crippen molar-refractivity contribution < 1.29 is 14.3 Å². The molecule has 1 aromatic carbocycles. The smallest absolute Gasteiger partial charge is 0.271 e. The SMILES string of the molecule is COc1ccc(OC)c(CCNC(=O)c2ccn(C3CCCNC3)n2)c1.Cl. The van der Waals surface area contributed by atoms with Gasteiger partial charge in [0.05, 0.1) is 20.3 Å². The molecular formula is C19H27ClN4O3. The molecule has 2 heterocycles. The van der Waals surface area contributed by atoms with Crippen molar-refractivity contribution in [1.82, 2.24) is 20.4 Å². The van der Waals surface area contributed by atoms with Crippen LogP contribution in [0.4, 0.5) is 0 Å². The van der Waals surface area contributed by atoms with Crippen LogP contribution < -0.4 is 20.1 Å². The highest BCUT2D eigenvalue weighted by molar-refractivity contribution is 5.92. The number of benzene rings is 1. The number of nitrogens with one attached hydrogen (secondary N) is 2. The minimum atomic E-state index is -0.158. The summed E-state index contributed by atoms with van der Waals surface area (Å²) in [5.74, 6) is 1.40. The van der Waals surface area contributed by atoms with Crippen molar-refractivity contribution in [3.05, 3.63) is 41.7 Å². The molecule has 2 N–H and O–H groups in total. The number of piperidine rings is 1. The molecule has 1 aliphatic heterocycles. The predicted molar refractivity (Wildman–Crippen MR) is 106 cm³/mol. The molecule has 1 fully saturated rings. The van der Waals surface area contributed by atoms with Gasteiger partial charge in [0.25, 0.3) is 5.91 Å². The lowest BCUT2D eigenvalue weighted by molar-refractivity contribution is 0.0947. The fraction of sp³-hybridized carbons (Fsp3) is 0.474. The molecule has 0 radical (unpaired) electrons. The molecule has 1 unspecified atom stereocenters. The molecule has 148 valence electrons. The van der Waals surface area contributed by atoms with Crippen LogP contribution in [0.2, 0.25) is 0 Å². The molecule has 8 heteroatoms. The van der Waals surface area contributed by atoms with Crippen LogP contribution in [0.5, 0.6) is 11.5 Å². The second-order valence-electron chi connectivity index (χ2n) is 6.36. The van der Waals surface area contributed by atoms with Crippen LogP contribution in [-0.2, 0) is 6.42 Å². The zero-order valence-corrected chi connectivity index (χ0v) is 16.6. The van der Waals surface area contributed by atoms with Gasteiger partial charge in [-0.25, -0.2) is 0 Å². The fourth-order valence-corrected chi connectivity index (χ4v) is 3.20. The summed E-state index contributed by atoms with van der Waals surface area (Å²) < 4.78 is 12.5. The first-order valence-electron chi connectivity index (χ1n) is 8.96. The quantitative estimate of drug-likeness (QED) is 0.753. The first-order chi connectivity index (χ1) is 12.7. The van der Waals surface area contributed by atoms with E-state index in [0.717, 1.165) is 43.0 Å². The monoisotopic (exact) mass is 394 g/mol. The van der Waals surface area contributed by atoms with Crippen molar-refractivity contribution in [3.8, 4) is 11.5 Å². The number of aromatic nitrogens is 2. The number of hydrogen-bond donors (Lipinski definition) is 2. The van der Waals surface area contributed by atoms with E-state index in [4.69, 9.17) is 9.47 Å². The van der Waals surface area contributed by atoms with Crippen molar-refractivity contribution in [2.75, 3.05) is 33.9 Å². The third-order valence-corrected chi connectivity index (χ3v) is 4.65. The third kappa shape index (κ3) is 5.37. The van der Waals surface area contributed by atoms with E-state index in [-0.39, 0.29) is 18.3 Å². The number of amides is 1. The molecule has 1 aromatic heterocycles. The molecular weight excluding hydrogens is 368 g/mol. The Balaban J connectivity index is 0.00000261. The van der Waals surface area contributed by atoms with E-state index in [2.05, 4.69) is 15.7 Å². The maximum absolute atomic E-state index is 12.4. The first kappa shape index (κ1) is 21.1. The molecule has 7 nitrogen and oxygen atoms in total. The number of nitrogens with zero attached hydrogens (tertiary/aromatic N) is 2. The number of carbonyl (C=O) groups excluding carboxylic acids is 1. The average Bonchev–Trinajstić information content (AvgIpc) is 3.19. The lowest BCUT2D eigenvalue weighted by Gasteiger charge is -2.22. The van der Waals surface area contributed by atoms with E-state index in [1.54, 1.807) is 20.3 Å². The van der Waals surface area contributed by atoms with Gasteiger partial charge in [0, 0.05) is 19.3 Å². The van der Waals surface area contributed by atoms with Crippen LogP contribution in [0, 0.1) is 0 Å². The maximum atomic E-state index is 12.4. The Morgan fingerprint density at radius 3 is 2.89 bits per heavy atom. The zero-order valence-electron chi connectivity index (χ0n) is 15.7. The van der Waals surface area contributed by atoms with Crippen LogP contribution in [0.1, 0.15) is 34.9 Å². The van der Waals surface area contributed by atoms with Gasteiger partial charge in [0.2, 0.25) is 0 Å². The highest BCUT2D eigenvalue weighted by Crippen LogP contribution is 2.24. The van der Waals surface area contributed by atoms with Gasteiger partial charge in [-0.05, 0) is 55.6 Å². The highest BCUT2D eigenvalue weighted by Gasteiger charge is 2.17. The van der Waals surface area contributed by atoms with Crippen molar-refractivity contribution in [3.63, 3.8) is 0 Å². The van der Waals surface area contributed by atoms with E-state index in [1.807, 2.05) is 29.1 Å². The minimum Gasteiger partial charge on any atom is -0.497 e. The zero-order chi connectivity index (χ0) is 18.4. The molecule has 0 aliphatic carbocycles. The molecule has 3 rings (SSSR count). The second-order valence-corrected chi connectivity index (χ2v) is 6.36. The van der Waals surface area contributed by atoms with Gasteiger partial charge >= 0.3 is 0 Å². The van der Waals surface area contributed by atoms with Crippen LogP contribution in [0.15, 0.2) is 30.5 Å². The standard InChI is InChI=1S/C19H26N4O3.ClH/c1-25-16-5-6-18(26-2)14(12-16)7-10-21-19(24)17-8-11-23(22-17)15-4-3-9-20-13-15;/h5-6,8,11-12,15,20H,3-4,7,9-10,13H2,1-2H3,(H,21,24);1H. The Morgan fingerprint density at radius 2 is 2.19 bits per heavy atom. The molecule has 1 atom stereocenters. The number of carbonyl (C=O) groups is 1.